The normalized spacial score (nSPS) is 10.3. The van der Waals surface area contributed by atoms with Crippen LogP contribution in [0.2, 0.25) is 0 Å². The Kier molecular flexibility index (Phi) is 6.80. The van der Waals surface area contributed by atoms with Crippen LogP contribution in [0.15, 0.2) is 53.9 Å². The van der Waals surface area contributed by atoms with Crippen molar-refractivity contribution in [2.24, 2.45) is 0 Å². The number of thiazole rings is 1. The maximum atomic E-state index is 12.1. The predicted molar refractivity (Wildman–Crippen MR) is 110 cm³/mol. The number of carbonyl (C=O) groups excluding carboxylic acids is 2. The Bertz CT molecular complexity index is 988. The van der Waals surface area contributed by atoms with Crippen molar-refractivity contribution in [3.63, 3.8) is 0 Å². The smallest absolute Gasteiger partial charge is 0.310 e. The Morgan fingerprint density at radius 1 is 1.07 bits per heavy atom. The Balaban J connectivity index is 1.57. The predicted octanol–water partition coefficient (Wildman–Crippen LogP) is 3.55. The van der Waals surface area contributed by atoms with E-state index in [4.69, 9.17) is 14.2 Å². The molecule has 8 heteroatoms. The van der Waals surface area contributed by atoms with E-state index < -0.39 is 11.9 Å². The highest BCUT2D eigenvalue weighted by Crippen LogP contribution is 2.34. The van der Waals surface area contributed by atoms with Crippen LogP contribution in [-0.4, -0.2) is 37.7 Å². The zero-order chi connectivity index (χ0) is 20.6. The number of amides is 1. The van der Waals surface area contributed by atoms with Crippen molar-refractivity contribution in [1.82, 2.24) is 4.98 Å². The maximum Gasteiger partial charge on any atom is 0.310 e. The van der Waals surface area contributed by atoms with Crippen LogP contribution < -0.4 is 14.8 Å². The second kappa shape index (κ2) is 9.70. The van der Waals surface area contributed by atoms with Crippen LogP contribution in [-0.2, 0) is 20.7 Å². The molecule has 1 N–H and O–H groups in total. The summed E-state index contributed by atoms with van der Waals surface area (Å²) in [6.45, 7) is -0.372. The number of methoxy groups -OCH3 is 2. The van der Waals surface area contributed by atoms with Crippen molar-refractivity contribution in [3.8, 4) is 22.8 Å². The molecule has 1 aromatic heterocycles. The number of ether oxygens (including phenoxy) is 3. The van der Waals surface area contributed by atoms with Crippen molar-refractivity contribution >= 4 is 28.3 Å². The number of aromatic nitrogens is 1. The molecule has 29 heavy (non-hydrogen) atoms. The number of rotatable bonds is 8. The van der Waals surface area contributed by atoms with Crippen molar-refractivity contribution in [2.45, 2.75) is 6.42 Å². The molecule has 1 heterocycles. The van der Waals surface area contributed by atoms with E-state index in [-0.39, 0.29) is 13.0 Å². The number of hydrogen-bond donors (Lipinski definition) is 1. The van der Waals surface area contributed by atoms with E-state index in [1.807, 2.05) is 36.4 Å². The molecule has 3 aromatic rings. The minimum Gasteiger partial charge on any atom is -0.497 e. The maximum absolute atomic E-state index is 12.1. The Hall–Kier alpha value is -3.39. The van der Waals surface area contributed by atoms with Crippen LogP contribution >= 0.6 is 11.3 Å². The topological polar surface area (TPSA) is 86.8 Å². The first kappa shape index (κ1) is 20.3. The third-order valence-electron chi connectivity index (χ3n) is 3.99. The summed E-state index contributed by atoms with van der Waals surface area (Å²) < 4.78 is 15.6. The van der Waals surface area contributed by atoms with Gasteiger partial charge in [-0.05, 0) is 23.8 Å². The standard InChI is InChI=1S/C21H20N2O5S/c1-26-15-8-9-18(27-2)16(11-15)17-13-29-21(22-17)23-19(24)12-28-20(25)10-14-6-4-3-5-7-14/h3-9,11,13H,10,12H2,1-2H3,(H,22,23,24). The van der Waals surface area contributed by atoms with Crippen LogP contribution in [0.25, 0.3) is 11.3 Å². The minimum atomic E-state index is -0.465. The minimum absolute atomic E-state index is 0.116. The molecule has 0 aliphatic rings. The molecule has 2 aromatic carbocycles. The zero-order valence-electron chi connectivity index (χ0n) is 16.0. The summed E-state index contributed by atoms with van der Waals surface area (Å²) in [5.74, 6) is 0.394. The zero-order valence-corrected chi connectivity index (χ0v) is 16.8. The van der Waals surface area contributed by atoms with Crippen molar-refractivity contribution < 1.29 is 23.8 Å². The fourth-order valence-electron chi connectivity index (χ4n) is 2.58. The van der Waals surface area contributed by atoms with Crippen molar-refractivity contribution in [3.05, 3.63) is 59.5 Å². The first-order valence-corrected chi connectivity index (χ1v) is 9.64. The fraction of sp³-hybridized carbons (Fsp3) is 0.190. The summed E-state index contributed by atoms with van der Waals surface area (Å²) in [4.78, 5) is 28.3. The SMILES string of the molecule is COc1ccc(OC)c(-c2csc(NC(=O)COC(=O)Cc3ccccc3)n2)c1. The van der Waals surface area contributed by atoms with E-state index in [1.165, 1.54) is 11.3 Å². The van der Waals surface area contributed by atoms with E-state index in [0.29, 0.717) is 22.3 Å². The molecule has 0 unspecified atom stereocenters. The summed E-state index contributed by atoms with van der Waals surface area (Å²) in [6.07, 6.45) is 0.116. The second-order valence-corrected chi connectivity index (χ2v) is 6.83. The highest BCUT2D eigenvalue weighted by Gasteiger charge is 2.14. The molecule has 0 radical (unpaired) electrons. The molecule has 0 bridgehead atoms. The molecule has 1 amide bonds. The molecule has 150 valence electrons. The fourth-order valence-corrected chi connectivity index (χ4v) is 3.31. The van der Waals surface area contributed by atoms with Gasteiger partial charge in [-0.2, -0.15) is 0 Å². The lowest BCUT2D eigenvalue weighted by molar-refractivity contribution is -0.146. The van der Waals surface area contributed by atoms with Crippen LogP contribution in [0.1, 0.15) is 5.56 Å². The van der Waals surface area contributed by atoms with Gasteiger partial charge in [0.2, 0.25) is 0 Å². The van der Waals surface area contributed by atoms with Crippen molar-refractivity contribution in [2.75, 3.05) is 26.1 Å². The van der Waals surface area contributed by atoms with Gasteiger partial charge < -0.3 is 14.2 Å². The van der Waals surface area contributed by atoms with Gasteiger partial charge in [-0.1, -0.05) is 30.3 Å². The molecule has 0 atom stereocenters. The summed E-state index contributed by atoms with van der Waals surface area (Å²) in [5.41, 5.74) is 2.22. The van der Waals surface area contributed by atoms with Crippen LogP contribution in [0.5, 0.6) is 11.5 Å². The average molecular weight is 412 g/mol. The molecular formula is C21H20N2O5S. The number of hydrogen-bond acceptors (Lipinski definition) is 7. The van der Waals surface area contributed by atoms with Gasteiger partial charge in [0.1, 0.15) is 11.5 Å². The van der Waals surface area contributed by atoms with Gasteiger partial charge in [0.25, 0.3) is 5.91 Å². The molecule has 0 spiro atoms. The molecule has 0 aliphatic heterocycles. The lowest BCUT2D eigenvalue weighted by Gasteiger charge is -2.08. The third kappa shape index (κ3) is 5.55. The number of benzene rings is 2. The molecule has 3 rings (SSSR count). The van der Waals surface area contributed by atoms with Gasteiger partial charge in [-0.15, -0.1) is 11.3 Å². The van der Waals surface area contributed by atoms with E-state index in [9.17, 15) is 9.59 Å². The van der Waals surface area contributed by atoms with Gasteiger partial charge in [0.05, 0.1) is 26.3 Å². The lowest BCUT2D eigenvalue weighted by Crippen LogP contribution is -2.21. The molecule has 0 saturated heterocycles. The van der Waals surface area contributed by atoms with E-state index in [2.05, 4.69) is 10.3 Å². The van der Waals surface area contributed by atoms with E-state index in [0.717, 1.165) is 11.1 Å². The van der Waals surface area contributed by atoms with Crippen molar-refractivity contribution in [1.29, 1.82) is 0 Å². The largest absolute Gasteiger partial charge is 0.497 e. The van der Waals surface area contributed by atoms with Crippen LogP contribution in [0.4, 0.5) is 5.13 Å². The molecule has 0 fully saturated rings. The summed E-state index contributed by atoms with van der Waals surface area (Å²) >= 11 is 1.26. The summed E-state index contributed by atoms with van der Waals surface area (Å²) in [7, 11) is 3.15. The van der Waals surface area contributed by atoms with Crippen LogP contribution in [0, 0.1) is 0 Å². The van der Waals surface area contributed by atoms with Crippen LogP contribution in [0.3, 0.4) is 0 Å². The number of anilines is 1. The molecular weight excluding hydrogens is 392 g/mol. The quantitative estimate of drug-likeness (QED) is 0.570. The number of nitrogens with zero attached hydrogens (tertiary/aromatic N) is 1. The highest BCUT2D eigenvalue weighted by atomic mass is 32.1. The number of nitrogens with one attached hydrogen (secondary N) is 1. The lowest BCUT2D eigenvalue weighted by atomic mass is 10.1. The van der Waals surface area contributed by atoms with Gasteiger partial charge in [-0.3, -0.25) is 14.9 Å². The molecule has 0 aliphatic carbocycles. The van der Waals surface area contributed by atoms with Gasteiger partial charge >= 0.3 is 5.97 Å². The van der Waals surface area contributed by atoms with Gasteiger partial charge in [-0.25, -0.2) is 4.98 Å². The Morgan fingerprint density at radius 3 is 2.59 bits per heavy atom. The monoisotopic (exact) mass is 412 g/mol. The van der Waals surface area contributed by atoms with E-state index in [1.54, 1.807) is 31.7 Å². The number of esters is 1. The second-order valence-electron chi connectivity index (χ2n) is 5.98. The average Bonchev–Trinajstić information content (AvgIpc) is 3.20. The third-order valence-corrected chi connectivity index (χ3v) is 4.75. The first-order chi connectivity index (χ1) is 14.1. The van der Waals surface area contributed by atoms with Gasteiger partial charge in [0, 0.05) is 10.9 Å². The first-order valence-electron chi connectivity index (χ1n) is 8.76. The molecule has 7 nitrogen and oxygen atoms in total. The Morgan fingerprint density at radius 2 is 1.86 bits per heavy atom. The Labute approximate surface area is 172 Å². The highest BCUT2D eigenvalue weighted by molar-refractivity contribution is 7.14. The molecule has 0 saturated carbocycles. The summed E-state index contributed by atoms with van der Waals surface area (Å²) in [5, 5.41) is 4.83. The number of carbonyl (C=O) groups is 2. The van der Waals surface area contributed by atoms with E-state index >= 15 is 0 Å². The van der Waals surface area contributed by atoms with Gasteiger partial charge in [0.15, 0.2) is 11.7 Å². The summed E-state index contributed by atoms with van der Waals surface area (Å²) in [6, 6.07) is 14.6.